The van der Waals surface area contributed by atoms with Crippen molar-refractivity contribution in [2.45, 2.75) is 150 Å². The van der Waals surface area contributed by atoms with E-state index in [1.54, 1.807) is 97.1 Å². The molecule has 4 aliphatic carbocycles. The minimum absolute atomic E-state index is 0.0352. The Balaban J connectivity index is 0.000000185. The molecule has 104 heavy (non-hydrogen) atoms. The molecule has 4 aliphatic heterocycles. The molecule has 552 valence electrons. The molecular formula is C80H92Cl2N6O14S2. The quantitative estimate of drug-likeness (QED) is 0.0773. The number of amides is 4. The summed E-state index contributed by atoms with van der Waals surface area (Å²) in [7, 11) is -5.59. The van der Waals surface area contributed by atoms with Gasteiger partial charge in [0, 0.05) is 94.5 Å². The van der Waals surface area contributed by atoms with Gasteiger partial charge in [-0.3, -0.25) is 19.2 Å². The SMILES string of the molecule is COc1ccc(C)c(NC(=O)C[C@@H]2CC/C=C/[C@H](O)[C@@H]3CC[C@H]3CN3C[C@@]4(CCCc5cc(Cl)ccc54)COc4ccc(cc43)C(=O)NS2(=O)=O)c1.COc1ccc(C)c(NC(=O)C[C@H]2CC/C=C/[C@H](O)[C@@H]3CC[C@H]3CN3C[C@@]4(CCCc5cc(Cl)ccc54)COc4ccc(cc43)C(=O)NS2(=O)=O)c1. The van der Waals surface area contributed by atoms with Crippen molar-refractivity contribution in [1.29, 1.82) is 0 Å². The molecule has 6 aromatic carbocycles. The first-order valence-electron chi connectivity index (χ1n) is 36.2. The summed E-state index contributed by atoms with van der Waals surface area (Å²) in [5.41, 5.74) is 8.63. The van der Waals surface area contributed by atoms with Crippen LogP contribution in [-0.2, 0) is 53.3 Å². The molecule has 4 amide bonds. The number of nitrogens with zero attached hydrogens (tertiary/aromatic N) is 2. The van der Waals surface area contributed by atoms with Crippen molar-refractivity contribution in [2.75, 3.05) is 74.0 Å². The van der Waals surface area contributed by atoms with E-state index in [4.69, 9.17) is 42.1 Å². The molecule has 2 fully saturated rings. The predicted octanol–water partition coefficient (Wildman–Crippen LogP) is 12.6. The van der Waals surface area contributed by atoms with Gasteiger partial charge in [-0.15, -0.1) is 0 Å². The second-order valence-electron chi connectivity index (χ2n) is 29.6. The summed E-state index contributed by atoms with van der Waals surface area (Å²) in [6, 6.07) is 32.8. The highest BCUT2D eigenvalue weighted by molar-refractivity contribution is 7.91. The van der Waals surface area contributed by atoms with Crippen LogP contribution in [-0.4, -0.2) is 127 Å². The van der Waals surface area contributed by atoms with Gasteiger partial charge < -0.3 is 49.6 Å². The normalized spacial score (nSPS) is 27.5. The summed E-state index contributed by atoms with van der Waals surface area (Å²) in [6.07, 6.45) is 15.1. The van der Waals surface area contributed by atoms with Crippen LogP contribution in [0.4, 0.5) is 22.7 Å². The molecule has 24 heteroatoms. The summed E-state index contributed by atoms with van der Waals surface area (Å²) in [5.74, 6) is 0.279. The number of hydrogen-bond acceptors (Lipinski definition) is 16. The lowest BCUT2D eigenvalue weighted by Crippen LogP contribution is -2.49. The number of ether oxygens (including phenoxy) is 4. The van der Waals surface area contributed by atoms with Crippen LogP contribution < -0.4 is 48.8 Å². The van der Waals surface area contributed by atoms with Gasteiger partial charge in [-0.1, -0.05) is 71.8 Å². The molecule has 8 aliphatic rings. The molecule has 2 saturated carbocycles. The molecule has 4 heterocycles. The molecule has 14 rings (SSSR count). The summed E-state index contributed by atoms with van der Waals surface area (Å²) < 4.78 is 83.7. The van der Waals surface area contributed by atoms with Crippen LogP contribution in [0, 0.1) is 37.5 Å². The van der Waals surface area contributed by atoms with Crippen molar-refractivity contribution >= 4 is 89.6 Å². The molecule has 20 nitrogen and oxygen atoms in total. The predicted molar refractivity (Wildman–Crippen MR) is 404 cm³/mol. The zero-order chi connectivity index (χ0) is 73.2. The number of anilines is 4. The number of allylic oxidation sites excluding steroid dienone is 2. The van der Waals surface area contributed by atoms with E-state index in [1.807, 2.05) is 26.0 Å². The number of aliphatic hydroxyl groups excluding tert-OH is 2. The van der Waals surface area contributed by atoms with Gasteiger partial charge >= 0.3 is 0 Å². The van der Waals surface area contributed by atoms with Crippen LogP contribution in [0.25, 0.3) is 0 Å². The molecule has 0 aromatic heterocycles. The molecule has 2 spiro atoms. The zero-order valence-corrected chi connectivity index (χ0v) is 62.3. The number of sulfonamides is 2. The Bertz CT molecular complexity index is 4290. The number of benzene rings is 6. The van der Waals surface area contributed by atoms with Crippen molar-refractivity contribution in [3.63, 3.8) is 0 Å². The van der Waals surface area contributed by atoms with E-state index in [1.165, 1.54) is 36.5 Å². The lowest BCUT2D eigenvalue weighted by molar-refractivity contribution is -0.117. The van der Waals surface area contributed by atoms with Crippen LogP contribution in [0.5, 0.6) is 23.0 Å². The fourth-order valence-electron chi connectivity index (χ4n) is 16.8. The minimum atomic E-state index is -4.32. The number of rotatable bonds is 8. The largest absolute Gasteiger partial charge is 0.497 e. The van der Waals surface area contributed by atoms with E-state index < -0.39 is 66.4 Å². The Morgan fingerprint density at radius 2 is 0.990 bits per heavy atom. The van der Waals surface area contributed by atoms with Crippen LogP contribution >= 0.6 is 23.2 Å². The number of aliphatic hydroxyl groups is 2. The van der Waals surface area contributed by atoms with Crippen LogP contribution in [0.2, 0.25) is 10.0 Å². The fraction of sp³-hybridized carbons (Fsp3) is 0.450. The van der Waals surface area contributed by atoms with Gasteiger partial charge in [0.15, 0.2) is 0 Å². The van der Waals surface area contributed by atoms with Crippen molar-refractivity contribution in [3.05, 3.63) is 188 Å². The number of aryl methyl sites for hydroxylation is 4. The zero-order valence-electron chi connectivity index (χ0n) is 59.1. The number of fused-ring (bicyclic) bond motifs is 8. The molecule has 4 bridgehead atoms. The third kappa shape index (κ3) is 16.2. The second-order valence-corrected chi connectivity index (χ2v) is 34.4. The lowest BCUT2D eigenvalue weighted by atomic mass is 9.68. The molecule has 6 aromatic rings. The van der Waals surface area contributed by atoms with E-state index in [0.717, 1.165) is 86.7 Å². The maximum Gasteiger partial charge on any atom is 0.264 e. The van der Waals surface area contributed by atoms with Crippen molar-refractivity contribution in [1.82, 2.24) is 9.44 Å². The smallest absolute Gasteiger partial charge is 0.264 e. The van der Waals surface area contributed by atoms with Gasteiger partial charge in [0.05, 0.1) is 61.5 Å². The standard InChI is InChI=1S/2C40H46ClN3O7S/c2*1-25-9-13-30(50-2)20-34(25)42-38(46)21-31-7-3-4-8-36(45)32-14-10-28(32)22-44-23-40(17-5-6-26-18-29(41)12-15-33(26)40)24-51-37-16-11-27(19-35(37)44)39(47)43-52(31,48)49/h2*4,8-9,11-13,15-16,18-20,28,31-32,36,45H,3,5-7,10,14,17,21-24H2,1-2H3,(H,42,46)(H,43,47)/b2*8-4+/t28-,31+,32+,36-,40-;28-,31-,32+,36-,40-/m00/s1. The highest BCUT2D eigenvalue weighted by Gasteiger charge is 2.47. The van der Waals surface area contributed by atoms with Gasteiger partial charge in [-0.25, -0.2) is 26.3 Å². The van der Waals surface area contributed by atoms with Crippen LogP contribution in [0.15, 0.2) is 133 Å². The van der Waals surface area contributed by atoms with Crippen LogP contribution in [0.1, 0.15) is 144 Å². The number of nitrogens with one attached hydrogen (secondary N) is 4. The van der Waals surface area contributed by atoms with E-state index >= 15 is 0 Å². The first kappa shape index (κ1) is 74.2. The van der Waals surface area contributed by atoms with Crippen LogP contribution in [0.3, 0.4) is 0 Å². The van der Waals surface area contributed by atoms with Crippen molar-refractivity contribution in [3.8, 4) is 23.0 Å². The maximum absolute atomic E-state index is 13.9. The summed E-state index contributed by atoms with van der Waals surface area (Å²) in [4.78, 5) is 58.7. The third-order valence-corrected chi connectivity index (χ3v) is 26.9. The number of methoxy groups -OCH3 is 2. The lowest BCUT2D eigenvalue weighted by Gasteiger charge is -2.45. The van der Waals surface area contributed by atoms with Gasteiger partial charge in [0.25, 0.3) is 11.8 Å². The van der Waals surface area contributed by atoms with Gasteiger partial charge in [0.2, 0.25) is 31.9 Å². The maximum atomic E-state index is 13.9. The van der Waals surface area contributed by atoms with Gasteiger partial charge in [-0.05, 0) is 234 Å². The summed E-state index contributed by atoms with van der Waals surface area (Å²) in [6.45, 7) is 7.14. The number of carbonyl (C=O) groups is 4. The first-order chi connectivity index (χ1) is 49.9. The molecule has 6 N–H and O–H groups in total. The average molecular weight is 1500 g/mol. The van der Waals surface area contributed by atoms with E-state index in [9.17, 15) is 46.2 Å². The fourth-order valence-corrected chi connectivity index (χ4v) is 19.9. The molecule has 0 unspecified atom stereocenters. The summed E-state index contributed by atoms with van der Waals surface area (Å²) in [5, 5.41) is 27.3. The highest BCUT2D eigenvalue weighted by Crippen LogP contribution is 2.50. The van der Waals surface area contributed by atoms with Gasteiger partial charge in [-0.2, -0.15) is 0 Å². The highest BCUT2D eigenvalue weighted by atomic mass is 35.5. The minimum Gasteiger partial charge on any atom is -0.497 e. The van der Waals surface area contributed by atoms with E-state index in [2.05, 4.69) is 54.1 Å². The first-order valence-corrected chi connectivity index (χ1v) is 40.1. The summed E-state index contributed by atoms with van der Waals surface area (Å²) >= 11 is 12.8. The Hall–Kier alpha value is -8.12. The molecule has 10 atom stereocenters. The van der Waals surface area contributed by atoms with Crippen molar-refractivity contribution in [2.24, 2.45) is 23.7 Å². The van der Waals surface area contributed by atoms with E-state index in [-0.39, 0.29) is 71.3 Å². The molecule has 0 radical (unpaired) electrons. The topological polar surface area (TPSA) is 269 Å². The Morgan fingerprint density at radius 1 is 0.567 bits per heavy atom. The number of hydrogen-bond donors (Lipinski definition) is 6. The number of carbonyl (C=O) groups excluding carboxylic acids is 4. The average Bonchev–Trinajstić information content (AvgIpc) is 1.48. The Kier molecular flexibility index (Phi) is 22.2. The molecular weight excluding hydrogens is 1400 g/mol. The van der Waals surface area contributed by atoms with E-state index in [0.29, 0.717) is 96.7 Å². The Morgan fingerprint density at radius 3 is 1.38 bits per heavy atom. The second kappa shape index (κ2) is 31.1. The van der Waals surface area contributed by atoms with Crippen molar-refractivity contribution < 1.29 is 65.2 Å². The Labute approximate surface area is 619 Å². The van der Waals surface area contributed by atoms with Gasteiger partial charge in [0.1, 0.15) is 23.0 Å². The number of halogens is 2. The molecule has 0 saturated heterocycles. The third-order valence-electron chi connectivity index (χ3n) is 22.9. The monoisotopic (exact) mass is 1490 g/mol.